The van der Waals surface area contributed by atoms with Crippen LogP contribution >= 0.6 is 0 Å². The van der Waals surface area contributed by atoms with Crippen LogP contribution in [0.3, 0.4) is 0 Å². The van der Waals surface area contributed by atoms with E-state index in [2.05, 4.69) is 0 Å². The van der Waals surface area contributed by atoms with Crippen molar-refractivity contribution in [3.05, 3.63) is 65.0 Å². The lowest BCUT2D eigenvalue weighted by Crippen LogP contribution is -2.10. The number of fused-ring (bicyclic) bond motifs is 1. The molecule has 3 nitrogen and oxygen atoms in total. The first-order valence-corrected chi connectivity index (χ1v) is 8.49. The average molecular weight is 340 g/mol. The van der Waals surface area contributed by atoms with Crippen LogP contribution in [0.15, 0.2) is 42.5 Å². The fourth-order valence-electron chi connectivity index (χ4n) is 3.05. The molecule has 1 aliphatic carbocycles. The van der Waals surface area contributed by atoms with Crippen molar-refractivity contribution in [1.82, 2.24) is 0 Å². The maximum absolute atomic E-state index is 14.5. The van der Waals surface area contributed by atoms with Gasteiger partial charge in [-0.1, -0.05) is 25.1 Å². The highest BCUT2D eigenvalue weighted by Gasteiger charge is 2.26. The molecular formula is C21H21FO3. The van der Waals surface area contributed by atoms with Gasteiger partial charge in [-0.3, -0.25) is 4.79 Å². The summed E-state index contributed by atoms with van der Waals surface area (Å²) in [6.07, 6.45) is 3.98. The van der Waals surface area contributed by atoms with Crippen LogP contribution in [0, 0.1) is 5.82 Å². The lowest BCUT2D eigenvalue weighted by molar-refractivity contribution is 0.105. The Labute approximate surface area is 147 Å². The summed E-state index contributed by atoms with van der Waals surface area (Å²) in [5.41, 5.74) is 2.08. The van der Waals surface area contributed by atoms with Crippen LogP contribution in [0.2, 0.25) is 0 Å². The van der Waals surface area contributed by atoms with Crippen LogP contribution in [0.25, 0.3) is 5.57 Å². The summed E-state index contributed by atoms with van der Waals surface area (Å²) >= 11 is 0. The van der Waals surface area contributed by atoms with Gasteiger partial charge in [-0.25, -0.2) is 4.39 Å². The maximum Gasteiger partial charge on any atom is 0.196 e. The van der Waals surface area contributed by atoms with Crippen molar-refractivity contribution in [2.75, 3.05) is 13.7 Å². The zero-order valence-electron chi connectivity index (χ0n) is 14.5. The number of methoxy groups -OCH3 is 1. The fourth-order valence-corrected chi connectivity index (χ4v) is 3.05. The molecule has 1 aliphatic rings. The Bertz CT molecular complexity index is 807. The summed E-state index contributed by atoms with van der Waals surface area (Å²) < 4.78 is 25.4. The lowest BCUT2D eigenvalue weighted by atomic mass is 9.94. The van der Waals surface area contributed by atoms with Crippen molar-refractivity contribution in [2.45, 2.75) is 26.2 Å². The lowest BCUT2D eigenvalue weighted by Gasteiger charge is -2.14. The molecule has 130 valence electrons. The molecule has 0 unspecified atom stereocenters. The van der Waals surface area contributed by atoms with Crippen LogP contribution in [0.1, 0.15) is 41.3 Å². The van der Waals surface area contributed by atoms with Crippen LogP contribution in [-0.4, -0.2) is 19.5 Å². The maximum atomic E-state index is 14.5. The third-order valence-corrected chi connectivity index (χ3v) is 4.30. The highest BCUT2D eigenvalue weighted by atomic mass is 19.1. The molecule has 4 heteroatoms. The molecule has 3 rings (SSSR count). The van der Waals surface area contributed by atoms with Gasteiger partial charge in [0.05, 0.1) is 19.3 Å². The third kappa shape index (κ3) is 3.43. The first-order valence-electron chi connectivity index (χ1n) is 8.49. The number of carbonyl (C=O) groups excluding carboxylic acids is 1. The zero-order valence-corrected chi connectivity index (χ0v) is 14.5. The summed E-state index contributed by atoms with van der Waals surface area (Å²) in [4.78, 5) is 13.0. The molecule has 0 heterocycles. The van der Waals surface area contributed by atoms with E-state index in [1.54, 1.807) is 25.3 Å². The van der Waals surface area contributed by atoms with Gasteiger partial charge in [0.2, 0.25) is 0 Å². The molecule has 0 radical (unpaired) electrons. The first-order chi connectivity index (χ1) is 12.2. The monoisotopic (exact) mass is 340 g/mol. The van der Waals surface area contributed by atoms with E-state index in [1.165, 1.54) is 6.07 Å². The van der Waals surface area contributed by atoms with Crippen LogP contribution in [-0.2, 0) is 6.42 Å². The number of benzene rings is 2. The van der Waals surface area contributed by atoms with Crippen molar-refractivity contribution in [2.24, 2.45) is 0 Å². The molecule has 0 saturated heterocycles. The fraction of sp³-hybridized carbons (Fsp3) is 0.286. The molecule has 25 heavy (non-hydrogen) atoms. The Morgan fingerprint density at radius 3 is 2.56 bits per heavy atom. The summed E-state index contributed by atoms with van der Waals surface area (Å²) in [5, 5.41) is 0. The highest BCUT2D eigenvalue weighted by molar-refractivity contribution is 6.29. The topological polar surface area (TPSA) is 35.5 Å². The molecule has 0 N–H and O–H groups in total. The number of Topliss-reactive ketones (excluding diaryl/α,β-unsaturated/α-hetero) is 1. The standard InChI is InChI=1S/C21H21FO3/c1-3-13-25-19-12-11-18(22)20-17(19)6-4-5-16(21(20)23)14-7-9-15(24-2)10-8-14/h5,7-12H,3-4,6,13H2,1-2H3. The van der Waals surface area contributed by atoms with Crippen LogP contribution in [0.5, 0.6) is 11.5 Å². The smallest absolute Gasteiger partial charge is 0.196 e. The van der Waals surface area contributed by atoms with Gasteiger partial charge in [0.1, 0.15) is 17.3 Å². The van der Waals surface area contributed by atoms with Gasteiger partial charge in [0.25, 0.3) is 0 Å². The molecule has 0 saturated carbocycles. The normalized spacial score (nSPS) is 13.7. The van der Waals surface area contributed by atoms with Gasteiger partial charge in [-0.15, -0.1) is 0 Å². The van der Waals surface area contributed by atoms with Gasteiger partial charge < -0.3 is 9.47 Å². The minimum atomic E-state index is -0.495. The van der Waals surface area contributed by atoms with Gasteiger partial charge in [0, 0.05) is 11.1 Å². The van der Waals surface area contributed by atoms with E-state index in [0.717, 1.165) is 12.0 Å². The molecule has 0 amide bonds. The summed E-state index contributed by atoms with van der Waals surface area (Å²) in [5.74, 6) is 0.533. The SMILES string of the molecule is CCCOc1ccc(F)c2c1CCC=C(c1ccc(OC)cc1)C2=O. The molecule has 0 fully saturated rings. The number of carbonyl (C=O) groups is 1. The highest BCUT2D eigenvalue weighted by Crippen LogP contribution is 2.34. The predicted octanol–water partition coefficient (Wildman–Crippen LogP) is 4.84. The zero-order chi connectivity index (χ0) is 17.8. The van der Waals surface area contributed by atoms with Gasteiger partial charge in [-0.05, 0) is 49.1 Å². The molecule has 2 aromatic rings. The van der Waals surface area contributed by atoms with E-state index in [0.29, 0.717) is 42.1 Å². The van der Waals surface area contributed by atoms with E-state index < -0.39 is 5.82 Å². The molecule has 0 bridgehead atoms. The van der Waals surface area contributed by atoms with Crippen molar-refractivity contribution < 1.29 is 18.7 Å². The number of ether oxygens (including phenoxy) is 2. The number of halogens is 1. The van der Waals surface area contributed by atoms with Crippen molar-refractivity contribution in [3.8, 4) is 11.5 Å². The number of hydrogen-bond donors (Lipinski definition) is 0. The Morgan fingerprint density at radius 1 is 1.12 bits per heavy atom. The van der Waals surface area contributed by atoms with Crippen molar-refractivity contribution in [3.63, 3.8) is 0 Å². The summed E-state index contributed by atoms with van der Waals surface area (Å²) in [6, 6.07) is 10.2. The van der Waals surface area contributed by atoms with Gasteiger partial charge in [-0.2, -0.15) is 0 Å². The van der Waals surface area contributed by atoms with Crippen molar-refractivity contribution in [1.29, 1.82) is 0 Å². The average Bonchev–Trinajstić information content (AvgIpc) is 2.81. The minimum Gasteiger partial charge on any atom is -0.497 e. The summed E-state index contributed by atoms with van der Waals surface area (Å²) in [7, 11) is 1.59. The number of hydrogen-bond acceptors (Lipinski definition) is 3. The number of allylic oxidation sites excluding steroid dienone is 2. The van der Waals surface area contributed by atoms with Crippen LogP contribution < -0.4 is 9.47 Å². The molecule has 0 spiro atoms. The number of ketones is 1. The molecule has 2 aromatic carbocycles. The van der Waals surface area contributed by atoms with E-state index in [9.17, 15) is 9.18 Å². The Morgan fingerprint density at radius 2 is 1.88 bits per heavy atom. The molecule has 0 aromatic heterocycles. The quantitative estimate of drug-likeness (QED) is 0.781. The third-order valence-electron chi connectivity index (χ3n) is 4.30. The molecular weight excluding hydrogens is 319 g/mol. The van der Waals surface area contributed by atoms with Crippen molar-refractivity contribution >= 4 is 11.4 Å². The van der Waals surface area contributed by atoms with E-state index in [-0.39, 0.29) is 11.3 Å². The first kappa shape index (κ1) is 17.2. The Hall–Kier alpha value is -2.62. The molecule has 0 aliphatic heterocycles. The predicted molar refractivity (Wildman–Crippen MR) is 95.8 cm³/mol. The Kier molecular flexibility index (Phi) is 5.17. The second-order valence-corrected chi connectivity index (χ2v) is 5.96. The van der Waals surface area contributed by atoms with E-state index in [1.807, 2.05) is 25.1 Å². The van der Waals surface area contributed by atoms with Gasteiger partial charge >= 0.3 is 0 Å². The van der Waals surface area contributed by atoms with Gasteiger partial charge in [0.15, 0.2) is 5.78 Å². The minimum absolute atomic E-state index is 0.133. The van der Waals surface area contributed by atoms with E-state index >= 15 is 0 Å². The second kappa shape index (κ2) is 7.51. The van der Waals surface area contributed by atoms with Crippen LogP contribution in [0.4, 0.5) is 4.39 Å². The molecule has 0 atom stereocenters. The van der Waals surface area contributed by atoms with E-state index in [4.69, 9.17) is 9.47 Å². The Balaban J connectivity index is 2.02. The second-order valence-electron chi connectivity index (χ2n) is 5.96. The largest absolute Gasteiger partial charge is 0.497 e. The number of rotatable bonds is 5. The summed E-state index contributed by atoms with van der Waals surface area (Å²) in [6.45, 7) is 2.56.